The SMILES string of the molecule is c1ccc2c3ccccc3n(-c3ccc(-c4cc(-c5ccccc5)cc(-c5cc(-c6ccccc6)cc(-c6ccc(-n7c8ccccc8c8ccccc87)cc6)n5)n4)cc3)c2c#1. The Bertz CT molecular complexity index is 3250. The van der Waals surface area contributed by atoms with Crippen molar-refractivity contribution in [2.75, 3.05) is 0 Å². The normalized spacial score (nSPS) is 11.4. The van der Waals surface area contributed by atoms with Gasteiger partial charge in [-0.15, -0.1) is 0 Å². The van der Waals surface area contributed by atoms with Crippen LogP contribution in [0.3, 0.4) is 0 Å². The number of benzene rings is 7. The molecule has 0 saturated carbocycles. The summed E-state index contributed by atoms with van der Waals surface area (Å²) in [4.78, 5) is 10.8. The van der Waals surface area contributed by atoms with Crippen LogP contribution < -0.4 is 0 Å². The molecule has 4 nitrogen and oxygen atoms in total. The summed E-state index contributed by atoms with van der Waals surface area (Å²) in [5.74, 6) is 0. The first-order chi connectivity index (χ1) is 30.7. The molecule has 0 aliphatic heterocycles. The van der Waals surface area contributed by atoms with Gasteiger partial charge in [-0.2, -0.15) is 0 Å². The molecule has 0 saturated heterocycles. The van der Waals surface area contributed by atoms with Crippen molar-refractivity contribution in [3.8, 4) is 67.5 Å². The zero-order valence-corrected chi connectivity index (χ0v) is 33.6. The number of fused-ring (bicyclic) bond motifs is 6. The van der Waals surface area contributed by atoms with E-state index in [-0.39, 0.29) is 0 Å². The molecule has 0 aliphatic carbocycles. The largest absolute Gasteiger partial charge is 0.309 e. The molecule has 0 fully saturated rings. The van der Waals surface area contributed by atoms with Crippen LogP contribution in [0.1, 0.15) is 0 Å². The van der Waals surface area contributed by atoms with E-state index in [1.165, 1.54) is 27.2 Å². The molecule has 288 valence electrons. The predicted octanol–water partition coefficient (Wildman–Crippen LogP) is 14.6. The molecule has 12 rings (SSSR count). The van der Waals surface area contributed by atoms with E-state index in [0.29, 0.717) is 0 Å². The second kappa shape index (κ2) is 14.6. The summed E-state index contributed by atoms with van der Waals surface area (Å²) in [6.45, 7) is 0. The van der Waals surface area contributed by atoms with E-state index in [4.69, 9.17) is 9.97 Å². The van der Waals surface area contributed by atoms with Gasteiger partial charge in [0.25, 0.3) is 0 Å². The minimum absolute atomic E-state index is 0.805. The lowest BCUT2D eigenvalue weighted by Gasteiger charge is -2.14. The van der Waals surface area contributed by atoms with Crippen molar-refractivity contribution in [1.29, 1.82) is 0 Å². The first-order valence-electron chi connectivity index (χ1n) is 20.9. The molecule has 8 aromatic carbocycles. The average molecular weight is 789 g/mol. The van der Waals surface area contributed by atoms with Crippen LogP contribution in [0, 0.1) is 12.1 Å². The highest BCUT2D eigenvalue weighted by Crippen LogP contribution is 2.37. The highest BCUT2D eigenvalue weighted by molar-refractivity contribution is 6.10. The van der Waals surface area contributed by atoms with Crippen molar-refractivity contribution in [3.63, 3.8) is 0 Å². The van der Waals surface area contributed by atoms with Gasteiger partial charge in [0.05, 0.1) is 39.3 Å². The van der Waals surface area contributed by atoms with E-state index in [1.54, 1.807) is 0 Å². The third-order valence-electron chi connectivity index (χ3n) is 12.0. The number of rotatable bonds is 7. The van der Waals surface area contributed by atoms with Crippen molar-refractivity contribution >= 4 is 43.6 Å². The lowest BCUT2D eigenvalue weighted by Crippen LogP contribution is -1.97. The van der Waals surface area contributed by atoms with Gasteiger partial charge < -0.3 is 9.13 Å². The van der Waals surface area contributed by atoms with E-state index in [1.807, 2.05) is 6.07 Å². The van der Waals surface area contributed by atoms with Gasteiger partial charge in [-0.3, -0.25) is 0 Å². The minimum Gasteiger partial charge on any atom is -0.309 e. The smallest absolute Gasteiger partial charge is 0.105 e. The maximum Gasteiger partial charge on any atom is 0.105 e. The Balaban J connectivity index is 0.985. The van der Waals surface area contributed by atoms with Crippen molar-refractivity contribution in [3.05, 3.63) is 231 Å². The molecular weight excluding hydrogens is 753 g/mol. The molecule has 0 bridgehead atoms. The van der Waals surface area contributed by atoms with Gasteiger partial charge in [-0.05, 0) is 107 Å². The molecule has 0 radical (unpaired) electrons. The first kappa shape index (κ1) is 35.4. The van der Waals surface area contributed by atoms with Gasteiger partial charge in [-0.25, -0.2) is 9.97 Å². The quantitative estimate of drug-likeness (QED) is 0.161. The number of aromatic nitrogens is 4. The highest BCUT2D eigenvalue weighted by atomic mass is 15.0. The van der Waals surface area contributed by atoms with Crippen LogP contribution in [0.15, 0.2) is 218 Å². The summed E-state index contributed by atoms with van der Waals surface area (Å²) in [7, 11) is 0. The third-order valence-corrected chi connectivity index (χ3v) is 12.0. The fourth-order valence-corrected chi connectivity index (χ4v) is 9.04. The Morgan fingerprint density at radius 2 is 0.710 bits per heavy atom. The topological polar surface area (TPSA) is 35.6 Å². The van der Waals surface area contributed by atoms with E-state index >= 15 is 0 Å². The number of hydrogen-bond donors (Lipinski definition) is 0. The predicted molar refractivity (Wildman–Crippen MR) is 256 cm³/mol. The maximum atomic E-state index is 5.39. The zero-order valence-electron chi connectivity index (χ0n) is 33.6. The lowest BCUT2D eigenvalue weighted by molar-refractivity contribution is 1.18. The van der Waals surface area contributed by atoms with Gasteiger partial charge >= 0.3 is 0 Å². The van der Waals surface area contributed by atoms with Gasteiger partial charge in [0.15, 0.2) is 0 Å². The molecule has 0 aliphatic rings. The standard InChI is InChI=1S/C58H36N4/c1-3-15-39(16-4-1)43-35-51(41-27-31-45(32-28-41)61-55-23-11-7-19-47(55)48-20-8-12-24-56(48)61)59-53(37-43)54-38-44(40-17-5-2-6-18-40)36-52(60-54)42-29-33-46(34-30-42)62-57-25-13-9-21-49(57)50-22-10-14-26-58(50)62/h1-13,15-25,27-38H. The molecule has 12 aromatic rings. The van der Waals surface area contributed by atoms with Gasteiger partial charge in [0.1, 0.15) is 5.52 Å². The van der Waals surface area contributed by atoms with Gasteiger partial charge in [0.2, 0.25) is 0 Å². The van der Waals surface area contributed by atoms with Gasteiger partial charge in [0, 0.05) is 44.0 Å². The minimum atomic E-state index is 0.805. The van der Waals surface area contributed by atoms with Crippen LogP contribution >= 0.6 is 0 Å². The van der Waals surface area contributed by atoms with Crippen LogP contribution in [-0.4, -0.2) is 19.1 Å². The molecule has 0 atom stereocenters. The third kappa shape index (κ3) is 6.03. The van der Waals surface area contributed by atoms with E-state index in [2.05, 4.69) is 234 Å². The van der Waals surface area contributed by atoms with Crippen LogP contribution in [0.5, 0.6) is 0 Å². The Morgan fingerprint density at radius 3 is 1.21 bits per heavy atom. The molecular formula is C58H36N4. The molecule has 0 spiro atoms. The van der Waals surface area contributed by atoms with Gasteiger partial charge in [-0.1, -0.05) is 146 Å². The summed E-state index contributed by atoms with van der Waals surface area (Å²) < 4.78 is 4.61. The lowest BCUT2D eigenvalue weighted by atomic mass is 9.98. The Morgan fingerprint density at radius 1 is 0.306 bits per heavy atom. The van der Waals surface area contributed by atoms with Crippen molar-refractivity contribution in [2.24, 2.45) is 0 Å². The van der Waals surface area contributed by atoms with Crippen LogP contribution in [0.4, 0.5) is 0 Å². The Hall–Kier alpha value is -8.52. The second-order valence-electron chi connectivity index (χ2n) is 15.7. The van der Waals surface area contributed by atoms with E-state index in [9.17, 15) is 0 Å². The average Bonchev–Trinajstić information content (AvgIpc) is 3.87. The summed E-state index contributed by atoms with van der Waals surface area (Å²) >= 11 is 0. The molecule has 4 heteroatoms. The fourth-order valence-electron chi connectivity index (χ4n) is 9.04. The molecule has 0 unspecified atom stereocenters. The summed E-state index contributed by atoms with van der Waals surface area (Å²) in [5, 5.41) is 4.85. The summed E-state index contributed by atoms with van der Waals surface area (Å²) in [5.41, 5.74) is 16.5. The number of para-hydroxylation sites is 3. The van der Waals surface area contributed by atoms with Crippen LogP contribution in [0.2, 0.25) is 0 Å². The molecule has 0 amide bonds. The first-order valence-corrected chi connectivity index (χ1v) is 20.9. The van der Waals surface area contributed by atoms with Crippen molar-refractivity contribution in [2.45, 2.75) is 0 Å². The summed E-state index contributed by atoms with van der Waals surface area (Å²) in [6, 6.07) is 83.6. The van der Waals surface area contributed by atoms with Crippen molar-refractivity contribution in [1.82, 2.24) is 19.1 Å². The number of pyridine rings is 2. The fraction of sp³-hybridized carbons (Fsp3) is 0. The maximum absolute atomic E-state index is 5.39. The number of hydrogen-bond acceptors (Lipinski definition) is 2. The van der Waals surface area contributed by atoms with E-state index < -0.39 is 0 Å². The Labute approximate surface area is 359 Å². The summed E-state index contributed by atoms with van der Waals surface area (Å²) in [6.07, 6.45) is 0. The number of nitrogens with zero attached hydrogens (tertiary/aromatic N) is 4. The zero-order chi connectivity index (χ0) is 41.0. The van der Waals surface area contributed by atoms with Crippen LogP contribution in [0.25, 0.3) is 111 Å². The highest BCUT2D eigenvalue weighted by Gasteiger charge is 2.17. The monoisotopic (exact) mass is 788 g/mol. The van der Waals surface area contributed by atoms with Crippen molar-refractivity contribution < 1.29 is 0 Å². The molecule has 62 heavy (non-hydrogen) atoms. The van der Waals surface area contributed by atoms with Crippen LogP contribution in [-0.2, 0) is 0 Å². The Kier molecular flexibility index (Phi) is 8.36. The van der Waals surface area contributed by atoms with E-state index in [0.717, 1.165) is 84.0 Å². The second-order valence-corrected chi connectivity index (χ2v) is 15.7. The molecule has 4 aromatic heterocycles. The molecule has 4 heterocycles. The molecule has 0 N–H and O–H groups in total.